The van der Waals surface area contributed by atoms with Crippen LogP contribution in [0.3, 0.4) is 0 Å². The van der Waals surface area contributed by atoms with Crippen LogP contribution < -0.4 is 9.47 Å². The SMILES string of the molecule is COc1cc(C=C2SC(=Nc3ccc(C(=O)O)cc3)N(C)C2=O)cc(Br)c1OCc1cccc(F)c1. The van der Waals surface area contributed by atoms with Crippen LogP contribution in [0.4, 0.5) is 10.1 Å². The van der Waals surface area contributed by atoms with E-state index in [1.807, 2.05) is 0 Å². The van der Waals surface area contributed by atoms with E-state index in [0.29, 0.717) is 42.9 Å². The average Bonchev–Trinajstić information content (AvgIpc) is 3.11. The van der Waals surface area contributed by atoms with Gasteiger partial charge in [-0.05, 0) is 93.4 Å². The van der Waals surface area contributed by atoms with Crippen molar-refractivity contribution < 1.29 is 28.6 Å². The minimum Gasteiger partial charge on any atom is -0.493 e. The van der Waals surface area contributed by atoms with Crippen LogP contribution in [0, 0.1) is 5.82 Å². The number of methoxy groups -OCH3 is 1. The standard InChI is InChI=1S/C26H20BrFN2O5S/c1-30-24(31)22(36-26(30)29-19-8-6-17(7-9-19)25(32)33)13-16-11-20(27)23(21(12-16)34-2)35-14-15-4-3-5-18(28)10-15/h3-13H,14H2,1-2H3,(H,32,33). The van der Waals surface area contributed by atoms with Crippen LogP contribution in [-0.4, -0.2) is 41.2 Å². The number of nitrogens with zero attached hydrogens (tertiary/aromatic N) is 2. The Labute approximate surface area is 219 Å². The number of amides is 1. The molecule has 1 aliphatic rings. The van der Waals surface area contributed by atoms with Gasteiger partial charge >= 0.3 is 5.97 Å². The fourth-order valence-electron chi connectivity index (χ4n) is 3.34. The highest BCUT2D eigenvalue weighted by Gasteiger charge is 2.30. The number of aromatic carboxylic acids is 1. The molecule has 0 aliphatic carbocycles. The van der Waals surface area contributed by atoms with E-state index in [-0.39, 0.29) is 23.9 Å². The third-order valence-electron chi connectivity index (χ3n) is 5.16. The molecular weight excluding hydrogens is 551 g/mol. The van der Waals surface area contributed by atoms with Gasteiger partial charge in [-0.1, -0.05) is 12.1 Å². The van der Waals surface area contributed by atoms with Gasteiger partial charge in [0.25, 0.3) is 5.91 Å². The molecule has 7 nitrogen and oxygen atoms in total. The van der Waals surface area contributed by atoms with Gasteiger partial charge in [-0.15, -0.1) is 0 Å². The largest absolute Gasteiger partial charge is 0.493 e. The Morgan fingerprint density at radius 1 is 1.19 bits per heavy atom. The van der Waals surface area contributed by atoms with E-state index < -0.39 is 5.97 Å². The van der Waals surface area contributed by atoms with Gasteiger partial charge in [0.15, 0.2) is 16.7 Å². The van der Waals surface area contributed by atoms with Crippen LogP contribution in [0.2, 0.25) is 0 Å². The third kappa shape index (κ3) is 5.77. The summed E-state index contributed by atoms with van der Waals surface area (Å²) in [5.74, 6) is -0.674. The molecule has 36 heavy (non-hydrogen) atoms. The van der Waals surface area contributed by atoms with Gasteiger partial charge in [0, 0.05) is 7.05 Å². The van der Waals surface area contributed by atoms with Crippen LogP contribution in [0.1, 0.15) is 21.5 Å². The molecule has 3 aromatic carbocycles. The van der Waals surface area contributed by atoms with Crippen molar-refractivity contribution in [2.75, 3.05) is 14.2 Å². The number of hydrogen-bond acceptors (Lipinski definition) is 6. The maximum atomic E-state index is 13.5. The number of aliphatic imine (C=N–C) groups is 1. The Bertz CT molecular complexity index is 1390. The van der Waals surface area contributed by atoms with E-state index in [1.165, 1.54) is 48.0 Å². The lowest BCUT2D eigenvalue weighted by Gasteiger charge is -2.14. The molecule has 1 fully saturated rings. The molecule has 0 bridgehead atoms. The molecule has 10 heteroatoms. The minimum absolute atomic E-state index is 0.152. The Hall–Kier alpha value is -3.63. The van der Waals surface area contributed by atoms with E-state index >= 15 is 0 Å². The van der Waals surface area contributed by atoms with E-state index in [0.717, 1.165) is 0 Å². The fraction of sp³-hybridized carbons (Fsp3) is 0.115. The monoisotopic (exact) mass is 570 g/mol. The highest BCUT2D eigenvalue weighted by atomic mass is 79.9. The number of halogens is 2. The summed E-state index contributed by atoms with van der Waals surface area (Å²) in [4.78, 5) is 30.2. The Morgan fingerprint density at radius 3 is 2.61 bits per heavy atom. The van der Waals surface area contributed by atoms with Gasteiger partial charge in [-0.2, -0.15) is 0 Å². The predicted octanol–water partition coefficient (Wildman–Crippen LogP) is 6.11. The van der Waals surface area contributed by atoms with Crippen molar-refractivity contribution in [3.8, 4) is 11.5 Å². The van der Waals surface area contributed by atoms with Gasteiger partial charge in [-0.25, -0.2) is 14.2 Å². The fourth-order valence-corrected chi connectivity index (χ4v) is 4.90. The van der Waals surface area contributed by atoms with Crippen LogP contribution in [0.5, 0.6) is 11.5 Å². The van der Waals surface area contributed by atoms with Gasteiger partial charge in [0.05, 0.1) is 27.7 Å². The maximum Gasteiger partial charge on any atom is 0.335 e. The van der Waals surface area contributed by atoms with E-state index in [9.17, 15) is 14.0 Å². The molecule has 0 atom stereocenters. The molecule has 0 saturated carbocycles. The normalized spacial score (nSPS) is 15.6. The number of rotatable bonds is 7. The molecule has 1 amide bonds. The smallest absolute Gasteiger partial charge is 0.335 e. The number of amidine groups is 1. The molecule has 0 radical (unpaired) electrons. The first-order valence-electron chi connectivity index (χ1n) is 10.6. The van der Waals surface area contributed by atoms with Crippen molar-refractivity contribution in [3.05, 3.63) is 92.5 Å². The Kier molecular flexibility index (Phi) is 7.76. The average molecular weight is 571 g/mol. The summed E-state index contributed by atoms with van der Waals surface area (Å²) in [6.45, 7) is 0.152. The first-order chi connectivity index (χ1) is 17.2. The summed E-state index contributed by atoms with van der Waals surface area (Å²) in [6, 6.07) is 15.8. The third-order valence-corrected chi connectivity index (χ3v) is 6.81. The maximum absolute atomic E-state index is 13.5. The second kappa shape index (κ2) is 11.0. The number of carbonyl (C=O) groups is 2. The quantitative estimate of drug-likeness (QED) is 0.345. The van der Waals surface area contributed by atoms with Crippen molar-refractivity contribution in [3.63, 3.8) is 0 Å². The summed E-state index contributed by atoms with van der Waals surface area (Å²) in [7, 11) is 3.14. The van der Waals surface area contributed by atoms with Crippen LogP contribution >= 0.6 is 27.7 Å². The van der Waals surface area contributed by atoms with Crippen molar-refractivity contribution >= 4 is 56.5 Å². The molecule has 1 saturated heterocycles. The number of ether oxygens (including phenoxy) is 2. The number of hydrogen-bond donors (Lipinski definition) is 1. The molecule has 1 heterocycles. The Morgan fingerprint density at radius 2 is 1.94 bits per heavy atom. The molecule has 1 aliphatic heterocycles. The summed E-state index contributed by atoms with van der Waals surface area (Å²) in [5, 5.41) is 9.51. The first kappa shape index (κ1) is 25.5. The molecule has 0 unspecified atom stereocenters. The van der Waals surface area contributed by atoms with E-state index in [4.69, 9.17) is 14.6 Å². The number of carboxylic acids is 1. The van der Waals surface area contributed by atoms with Crippen molar-refractivity contribution in [2.45, 2.75) is 6.61 Å². The number of carboxylic acid groups (broad SMARTS) is 1. The van der Waals surface area contributed by atoms with Gasteiger partial charge in [-0.3, -0.25) is 9.69 Å². The van der Waals surface area contributed by atoms with Crippen molar-refractivity contribution in [1.82, 2.24) is 4.90 Å². The van der Waals surface area contributed by atoms with Crippen LogP contribution in [0.15, 0.2) is 75.0 Å². The zero-order valence-corrected chi connectivity index (χ0v) is 21.6. The number of benzene rings is 3. The molecule has 0 aromatic heterocycles. The second-order valence-electron chi connectivity index (χ2n) is 7.67. The Balaban J connectivity index is 1.55. The summed E-state index contributed by atoms with van der Waals surface area (Å²) < 4.78 is 25.4. The lowest BCUT2D eigenvalue weighted by atomic mass is 10.1. The first-order valence-corrected chi connectivity index (χ1v) is 12.2. The highest BCUT2D eigenvalue weighted by Crippen LogP contribution is 2.39. The second-order valence-corrected chi connectivity index (χ2v) is 9.54. The summed E-state index contributed by atoms with van der Waals surface area (Å²) in [6.07, 6.45) is 1.73. The zero-order valence-electron chi connectivity index (χ0n) is 19.2. The lowest BCUT2D eigenvalue weighted by molar-refractivity contribution is -0.121. The number of carbonyl (C=O) groups excluding carboxylic acids is 1. The molecule has 0 spiro atoms. The zero-order chi connectivity index (χ0) is 25.8. The molecule has 3 aromatic rings. The van der Waals surface area contributed by atoms with Gasteiger partial charge in [0.1, 0.15) is 12.4 Å². The molecule has 4 rings (SSSR count). The number of thioether (sulfide) groups is 1. The molecular formula is C26H20BrFN2O5S. The van der Waals surface area contributed by atoms with Crippen LogP contribution in [-0.2, 0) is 11.4 Å². The minimum atomic E-state index is -1.02. The summed E-state index contributed by atoms with van der Waals surface area (Å²) >= 11 is 4.71. The van der Waals surface area contributed by atoms with Gasteiger partial charge < -0.3 is 14.6 Å². The molecule has 1 N–H and O–H groups in total. The van der Waals surface area contributed by atoms with Crippen molar-refractivity contribution in [2.24, 2.45) is 4.99 Å². The highest BCUT2D eigenvalue weighted by molar-refractivity contribution is 9.10. The topological polar surface area (TPSA) is 88.4 Å². The predicted molar refractivity (Wildman–Crippen MR) is 140 cm³/mol. The summed E-state index contributed by atoms with van der Waals surface area (Å²) in [5.41, 5.74) is 2.07. The lowest BCUT2D eigenvalue weighted by Crippen LogP contribution is -2.23. The van der Waals surface area contributed by atoms with E-state index in [1.54, 1.807) is 49.5 Å². The van der Waals surface area contributed by atoms with Crippen LogP contribution in [0.25, 0.3) is 6.08 Å². The molecule has 184 valence electrons. The van der Waals surface area contributed by atoms with Crippen molar-refractivity contribution in [1.29, 1.82) is 0 Å². The number of likely N-dealkylation sites (N-methyl/N-ethyl adjacent to an activating group) is 1. The van der Waals surface area contributed by atoms with Gasteiger partial charge in [0.2, 0.25) is 0 Å². The van der Waals surface area contributed by atoms with E-state index in [2.05, 4.69) is 20.9 Å².